The molecule has 1 fully saturated rings. The lowest BCUT2D eigenvalue weighted by Gasteiger charge is -2.30. The molecule has 21 heavy (non-hydrogen) atoms. The van der Waals surface area contributed by atoms with Gasteiger partial charge in [0, 0.05) is 19.5 Å². The number of carbonyl (C=O) groups is 1. The van der Waals surface area contributed by atoms with Crippen molar-refractivity contribution in [3.63, 3.8) is 0 Å². The van der Waals surface area contributed by atoms with E-state index in [-0.39, 0.29) is 11.8 Å². The average Bonchev–Trinajstić information content (AvgIpc) is 3.18. The van der Waals surface area contributed by atoms with Crippen LogP contribution in [-0.2, 0) is 6.42 Å². The van der Waals surface area contributed by atoms with Crippen LogP contribution in [0.1, 0.15) is 53.5 Å². The van der Waals surface area contributed by atoms with Crippen molar-refractivity contribution >= 4 is 17.2 Å². The minimum Gasteiger partial charge on any atom is -0.339 e. The van der Waals surface area contributed by atoms with Crippen LogP contribution in [0, 0.1) is 0 Å². The summed E-state index contributed by atoms with van der Waals surface area (Å²) in [5.41, 5.74) is 0. The van der Waals surface area contributed by atoms with Gasteiger partial charge in [0.2, 0.25) is 5.89 Å². The predicted molar refractivity (Wildman–Crippen MR) is 80.5 cm³/mol. The third kappa shape index (κ3) is 3.15. The van der Waals surface area contributed by atoms with Crippen molar-refractivity contribution < 1.29 is 9.32 Å². The number of rotatable bonds is 4. The molecule has 2 aromatic heterocycles. The van der Waals surface area contributed by atoms with Gasteiger partial charge in [0.25, 0.3) is 5.91 Å². The maximum atomic E-state index is 12.4. The van der Waals surface area contributed by atoms with Gasteiger partial charge in [-0.25, -0.2) is 0 Å². The summed E-state index contributed by atoms with van der Waals surface area (Å²) < 4.78 is 5.38. The number of piperidine rings is 1. The number of carbonyl (C=O) groups excluding carboxylic acids is 1. The first-order chi connectivity index (χ1) is 10.3. The fourth-order valence-corrected chi connectivity index (χ4v) is 3.37. The van der Waals surface area contributed by atoms with E-state index in [0.29, 0.717) is 12.4 Å². The summed E-state index contributed by atoms with van der Waals surface area (Å²) in [4.78, 5) is 19.6. The molecule has 3 rings (SSSR count). The number of hydrogen-bond donors (Lipinski definition) is 0. The molecule has 1 atom stereocenters. The van der Waals surface area contributed by atoms with Crippen LogP contribution >= 0.6 is 11.3 Å². The molecule has 6 heteroatoms. The molecule has 5 nitrogen and oxygen atoms in total. The Morgan fingerprint density at radius 3 is 3.24 bits per heavy atom. The van der Waals surface area contributed by atoms with Gasteiger partial charge in [0.05, 0.1) is 10.8 Å². The molecule has 0 saturated carbocycles. The molecule has 0 spiro atoms. The van der Waals surface area contributed by atoms with Gasteiger partial charge >= 0.3 is 0 Å². The summed E-state index contributed by atoms with van der Waals surface area (Å²) in [6, 6.07) is 3.79. The van der Waals surface area contributed by atoms with Gasteiger partial charge in [-0.15, -0.1) is 11.3 Å². The molecule has 1 aliphatic heterocycles. The normalized spacial score (nSPS) is 18.9. The van der Waals surface area contributed by atoms with Gasteiger partial charge in [-0.2, -0.15) is 4.98 Å². The first kappa shape index (κ1) is 14.3. The maximum Gasteiger partial charge on any atom is 0.263 e. The average molecular weight is 305 g/mol. The topological polar surface area (TPSA) is 59.2 Å². The van der Waals surface area contributed by atoms with E-state index in [0.717, 1.165) is 42.9 Å². The molecule has 0 aliphatic carbocycles. The SMILES string of the molecule is CCCc1noc([C@H]2CCCN(C(=O)c3cccs3)C2)n1. The van der Waals surface area contributed by atoms with E-state index in [9.17, 15) is 4.79 Å². The number of amides is 1. The van der Waals surface area contributed by atoms with Crippen molar-refractivity contribution in [2.24, 2.45) is 0 Å². The molecule has 112 valence electrons. The smallest absolute Gasteiger partial charge is 0.263 e. The Hall–Kier alpha value is -1.69. The van der Waals surface area contributed by atoms with Crippen LogP contribution in [0.5, 0.6) is 0 Å². The van der Waals surface area contributed by atoms with E-state index in [4.69, 9.17) is 4.52 Å². The summed E-state index contributed by atoms with van der Waals surface area (Å²) >= 11 is 1.49. The lowest BCUT2D eigenvalue weighted by atomic mass is 9.98. The van der Waals surface area contributed by atoms with Crippen LogP contribution in [0.2, 0.25) is 0 Å². The monoisotopic (exact) mass is 305 g/mol. The predicted octanol–water partition coefficient (Wildman–Crippen LogP) is 3.10. The third-order valence-electron chi connectivity index (χ3n) is 3.75. The third-order valence-corrected chi connectivity index (χ3v) is 4.61. The zero-order valence-electron chi connectivity index (χ0n) is 12.1. The van der Waals surface area contributed by atoms with Crippen LogP contribution in [-0.4, -0.2) is 34.0 Å². The minimum absolute atomic E-state index is 0.114. The van der Waals surface area contributed by atoms with Crippen LogP contribution in [0.4, 0.5) is 0 Å². The standard InChI is InChI=1S/C15H19N3O2S/c1-2-5-13-16-14(20-17-13)11-6-3-8-18(10-11)15(19)12-7-4-9-21-12/h4,7,9,11H,2-3,5-6,8,10H2,1H3/t11-/m0/s1. The lowest BCUT2D eigenvalue weighted by Crippen LogP contribution is -2.38. The second-order valence-corrected chi connectivity index (χ2v) is 6.31. The molecule has 1 amide bonds. The molecule has 0 bridgehead atoms. The second kappa shape index (κ2) is 6.39. The highest BCUT2D eigenvalue weighted by molar-refractivity contribution is 7.12. The summed E-state index contributed by atoms with van der Waals surface area (Å²) in [5, 5.41) is 5.95. The first-order valence-corrected chi connectivity index (χ1v) is 8.31. The van der Waals surface area contributed by atoms with Crippen molar-refractivity contribution in [2.45, 2.75) is 38.5 Å². The number of nitrogens with zero attached hydrogens (tertiary/aromatic N) is 3. The van der Waals surface area contributed by atoms with Gasteiger partial charge in [-0.3, -0.25) is 4.79 Å². The van der Waals surface area contributed by atoms with E-state index in [1.165, 1.54) is 11.3 Å². The molecule has 2 aromatic rings. The van der Waals surface area contributed by atoms with E-state index in [1.807, 2.05) is 22.4 Å². The molecular formula is C15H19N3O2S. The quantitative estimate of drug-likeness (QED) is 0.871. The van der Waals surface area contributed by atoms with Crippen LogP contribution in [0.25, 0.3) is 0 Å². The zero-order chi connectivity index (χ0) is 14.7. The fourth-order valence-electron chi connectivity index (χ4n) is 2.68. The van der Waals surface area contributed by atoms with Crippen LogP contribution in [0.15, 0.2) is 22.0 Å². The summed E-state index contributed by atoms with van der Waals surface area (Å²) in [6.07, 6.45) is 3.83. The van der Waals surface area contributed by atoms with Crippen LogP contribution < -0.4 is 0 Å². The fraction of sp³-hybridized carbons (Fsp3) is 0.533. The maximum absolute atomic E-state index is 12.4. The largest absolute Gasteiger partial charge is 0.339 e. The molecule has 0 radical (unpaired) electrons. The highest BCUT2D eigenvalue weighted by Gasteiger charge is 2.29. The van der Waals surface area contributed by atoms with Gasteiger partial charge in [-0.05, 0) is 30.7 Å². The van der Waals surface area contributed by atoms with E-state index >= 15 is 0 Å². The zero-order valence-corrected chi connectivity index (χ0v) is 12.9. The Labute approximate surface area is 128 Å². The van der Waals surface area contributed by atoms with Crippen molar-refractivity contribution in [3.8, 4) is 0 Å². The molecule has 0 N–H and O–H groups in total. The molecule has 0 unspecified atom stereocenters. The second-order valence-electron chi connectivity index (χ2n) is 5.37. The van der Waals surface area contributed by atoms with Crippen molar-refractivity contribution in [2.75, 3.05) is 13.1 Å². The minimum atomic E-state index is 0.114. The Morgan fingerprint density at radius 1 is 1.57 bits per heavy atom. The van der Waals surface area contributed by atoms with Gasteiger partial charge in [-0.1, -0.05) is 18.1 Å². The molecular weight excluding hydrogens is 286 g/mol. The van der Waals surface area contributed by atoms with Crippen molar-refractivity contribution in [1.29, 1.82) is 0 Å². The van der Waals surface area contributed by atoms with E-state index in [1.54, 1.807) is 0 Å². The summed E-state index contributed by atoms with van der Waals surface area (Å²) in [5.74, 6) is 1.74. The number of aryl methyl sites for hydroxylation is 1. The van der Waals surface area contributed by atoms with Crippen molar-refractivity contribution in [1.82, 2.24) is 15.0 Å². The molecule has 1 aliphatic rings. The highest BCUT2D eigenvalue weighted by atomic mass is 32.1. The number of hydrogen-bond acceptors (Lipinski definition) is 5. The van der Waals surface area contributed by atoms with Crippen LogP contribution in [0.3, 0.4) is 0 Å². The summed E-state index contributed by atoms with van der Waals surface area (Å²) in [7, 11) is 0. The molecule has 1 saturated heterocycles. The summed E-state index contributed by atoms with van der Waals surface area (Å²) in [6.45, 7) is 3.58. The Morgan fingerprint density at radius 2 is 2.48 bits per heavy atom. The Kier molecular flexibility index (Phi) is 4.34. The Bertz CT molecular complexity index is 594. The Balaban J connectivity index is 1.69. The number of likely N-dealkylation sites (tertiary alicyclic amines) is 1. The van der Waals surface area contributed by atoms with Gasteiger partial charge < -0.3 is 9.42 Å². The highest BCUT2D eigenvalue weighted by Crippen LogP contribution is 2.27. The van der Waals surface area contributed by atoms with E-state index < -0.39 is 0 Å². The molecule has 3 heterocycles. The van der Waals surface area contributed by atoms with Gasteiger partial charge in [0.1, 0.15) is 0 Å². The first-order valence-electron chi connectivity index (χ1n) is 7.43. The number of aromatic nitrogens is 2. The molecule has 0 aromatic carbocycles. The van der Waals surface area contributed by atoms with Gasteiger partial charge in [0.15, 0.2) is 5.82 Å². The lowest BCUT2D eigenvalue weighted by molar-refractivity contribution is 0.0700. The van der Waals surface area contributed by atoms with E-state index in [2.05, 4.69) is 17.1 Å². The van der Waals surface area contributed by atoms with Crippen molar-refractivity contribution in [3.05, 3.63) is 34.1 Å². The number of thiophene rings is 1.